The number of aromatic nitrogens is 3. The van der Waals surface area contributed by atoms with Gasteiger partial charge in [0.15, 0.2) is 5.92 Å². The quantitative estimate of drug-likeness (QED) is 0.166. The van der Waals surface area contributed by atoms with E-state index < -0.39 is 54.2 Å². The Labute approximate surface area is 232 Å². The van der Waals surface area contributed by atoms with Crippen LogP contribution in [0.3, 0.4) is 0 Å². The first kappa shape index (κ1) is 31.7. The Morgan fingerprint density at radius 1 is 1.10 bits per heavy atom. The van der Waals surface area contributed by atoms with Gasteiger partial charge < -0.3 is 31.0 Å². The van der Waals surface area contributed by atoms with Crippen molar-refractivity contribution >= 4 is 34.6 Å². The number of benzene rings is 1. The highest BCUT2D eigenvalue weighted by Gasteiger charge is 2.56. The highest BCUT2D eigenvalue weighted by Crippen LogP contribution is 2.41. The number of rotatable bonds is 11. The number of nitrogens with one attached hydrogen (secondary N) is 3. The second-order valence-electron chi connectivity index (χ2n) is 9.07. The molecule has 1 aromatic carbocycles. The largest absolute Gasteiger partial charge is 0.465 e. The fourth-order valence-corrected chi connectivity index (χ4v) is 4.04. The van der Waals surface area contributed by atoms with E-state index in [4.69, 9.17) is 10.8 Å². The summed E-state index contributed by atoms with van der Waals surface area (Å²) in [6.45, 7) is -0.298. The Hall–Kier alpha value is -4.83. The minimum absolute atomic E-state index is 0.0326. The van der Waals surface area contributed by atoms with Gasteiger partial charge in [-0.2, -0.15) is 26.3 Å². The maximum absolute atomic E-state index is 13.1. The predicted octanol–water partition coefficient (Wildman–Crippen LogP) is 3.45. The first-order valence-electron chi connectivity index (χ1n) is 12.1. The molecule has 0 aliphatic heterocycles. The van der Waals surface area contributed by atoms with E-state index in [0.717, 1.165) is 16.7 Å². The number of hydrogen-bond donors (Lipinski definition) is 5. The molecular weight excluding hydrogens is 578 g/mol. The molecule has 0 aliphatic rings. The molecule has 17 heteroatoms. The Morgan fingerprint density at radius 2 is 1.79 bits per heavy atom. The summed E-state index contributed by atoms with van der Waals surface area (Å²) in [6.07, 6.45) is -10.3. The first-order valence-corrected chi connectivity index (χ1v) is 12.1. The van der Waals surface area contributed by atoms with Crippen molar-refractivity contribution in [2.45, 2.75) is 44.2 Å². The summed E-state index contributed by atoms with van der Waals surface area (Å²) >= 11 is 0. The number of nitrogens with zero attached hydrogens (tertiary/aromatic N) is 2. The number of carbonyl (C=O) groups excluding carboxylic acids is 2. The van der Waals surface area contributed by atoms with Crippen molar-refractivity contribution in [1.82, 2.24) is 19.9 Å². The number of fused-ring (bicyclic) bond motifs is 1. The fraction of sp³-hybridized carbons (Fsp3) is 0.320. The van der Waals surface area contributed by atoms with Crippen molar-refractivity contribution < 1.29 is 45.8 Å². The van der Waals surface area contributed by atoms with Crippen LogP contribution in [0.25, 0.3) is 11.0 Å². The molecule has 42 heavy (non-hydrogen) atoms. The standard InChI is InChI=1S/C25H24F6N6O5/c26-24(27,28)17(25(29,30)31)11-13-5-3-7-14-20(13)36-19(33-14)12-37-10-4-8-16(22(37)40)34-21(39)15(35-23(41)42)6-1-2-9-18(32)38/h2-5,7-10,15,17,35H,1,6,11-12H2,(H2,32,38)(H,33,36)(H,34,39)(H,41,42). The van der Waals surface area contributed by atoms with Gasteiger partial charge in [0.05, 0.1) is 17.6 Å². The number of allylic oxidation sites excluding steroid dienone is 1. The van der Waals surface area contributed by atoms with E-state index in [9.17, 15) is 45.5 Å². The molecule has 0 aliphatic carbocycles. The van der Waals surface area contributed by atoms with E-state index in [0.29, 0.717) is 0 Å². The van der Waals surface area contributed by atoms with Gasteiger partial charge in [0, 0.05) is 6.20 Å². The van der Waals surface area contributed by atoms with Gasteiger partial charge in [-0.25, -0.2) is 9.78 Å². The van der Waals surface area contributed by atoms with E-state index in [2.05, 4.69) is 15.3 Å². The average Bonchev–Trinajstić information content (AvgIpc) is 3.28. The van der Waals surface area contributed by atoms with Crippen LogP contribution in [0, 0.1) is 5.92 Å². The number of pyridine rings is 1. The topological polar surface area (TPSA) is 172 Å². The molecule has 3 amide bonds. The molecule has 0 spiro atoms. The number of halogens is 6. The number of carboxylic acid groups (broad SMARTS) is 1. The number of aromatic amines is 1. The number of carbonyl (C=O) groups is 3. The lowest BCUT2D eigenvalue weighted by atomic mass is 9.97. The molecular formula is C25H24F6N6O5. The Bertz CT molecular complexity index is 1530. The monoisotopic (exact) mass is 602 g/mol. The number of alkyl halides is 6. The molecule has 0 bridgehead atoms. The first-order chi connectivity index (χ1) is 19.6. The van der Waals surface area contributed by atoms with Gasteiger partial charge in [-0.3, -0.25) is 14.4 Å². The summed E-state index contributed by atoms with van der Waals surface area (Å²) in [5.41, 5.74) is 3.69. The summed E-state index contributed by atoms with van der Waals surface area (Å²) in [6, 6.07) is 5.09. The van der Waals surface area contributed by atoms with Crippen molar-refractivity contribution in [3.8, 4) is 0 Å². The SMILES string of the molecule is NC(=O)C=CCCC(NC(=O)O)C(=O)Nc1cccn(Cc2nc3c(CC(C(F)(F)F)C(F)(F)F)cccc3[nH]2)c1=O. The summed E-state index contributed by atoms with van der Waals surface area (Å²) in [4.78, 5) is 54.5. The van der Waals surface area contributed by atoms with E-state index in [-0.39, 0.29) is 47.5 Å². The number of H-pyrrole nitrogens is 1. The highest BCUT2D eigenvalue weighted by atomic mass is 19.4. The van der Waals surface area contributed by atoms with Gasteiger partial charge >= 0.3 is 18.4 Å². The summed E-state index contributed by atoms with van der Waals surface area (Å²) in [5, 5.41) is 13.4. The summed E-state index contributed by atoms with van der Waals surface area (Å²) in [7, 11) is 0. The zero-order valence-corrected chi connectivity index (χ0v) is 21.4. The summed E-state index contributed by atoms with van der Waals surface area (Å²) in [5.74, 6) is -5.18. The number of anilines is 1. The van der Waals surface area contributed by atoms with Crippen molar-refractivity contribution in [1.29, 1.82) is 0 Å². The van der Waals surface area contributed by atoms with Crippen LogP contribution < -0.4 is 21.9 Å². The fourth-order valence-electron chi connectivity index (χ4n) is 4.04. The zero-order chi connectivity index (χ0) is 31.2. The number of primary amides is 1. The van der Waals surface area contributed by atoms with Gasteiger partial charge in [0.25, 0.3) is 5.56 Å². The molecule has 0 saturated carbocycles. The minimum atomic E-state index is -5.53. The van der Waals surface area contributed by atoms with Crippen molar-refractivity contribution in [2.24, 2.45) is 11.7 Å². The molecule has 3 rings (SSSR count). The number of para-hydroxylation sites is 1. The molecule has 0 saturated heterocycles. The molecule has 1 atom stereocenters. The smallest absolute Gasteiger partial charge is 0.405 e. The van der Waals surface area contributed by atoms with Gasteiger partial charge in [-0.15, -0.1) is 0 Å². The second kappa shape index (κ2) is 12.8. The molecule has 226 valence electrons. The zero-order valence-electron chi connectivity index (χ0n) is 21.4. The molecule has 2 heterocycles. The maximum atomic E-state index is 13.1. The molecule has 0 radical (unpaired) electrons. The van der Waals surface area contributed by atoms with Crippen molar-refractivity contribution in [3.05, 3.63) is 70.4 Å². The lowest BCUT2D eigenvalue weighted by Gasteiger charge is -2.23. The number of hydrogen-bond acceptors (Lipinski definition) is 5. The average molecular weight is 602 g/mol. The normalized spacial score (nSPS) is 13.0. The highest BCUT2D eigenvalue weighted by molar-refractivity contribution is 5.96. The van der Waals surface area contributed by atoms with E-state index in [1.807, 2.05) is 5.32 Å². The van der Waals surface area contributed by atoms with Crippen molar-refractivity contribution in [3.63, 3.8) is 0 Å². The van der Waals surface area contributed by atoms with Crippen LogP contribution in [0.5, 0.6) is 0 Å². The Morgan fingerprint density at radius 3 is 2.40 bits per heavy atom. The van der Waals surface area contributed by atoms with Crippen molar-refractivity contribution in [2.75, 3.05) is 5.32 Å². The third-order valence-corrected chi connectivity index (χ3v) is 5.98. The molecule has 3 aromatic rings. The Balaban J connectivity index is 1.82. The molecule has 2 aromatic heterocycles. The second-order valence-corrected chi connectivity index (χ2v) is 9.07. The number of imidazole rings is 1. The lowest BCUT2D eigenvalue weighted by Crippen LogP contribution is -2.44. The third kappa shape index (κ3) is 8.34. The molecule has 1 unspecified atom stereocenters. The van der Waals surface area contributed by atoms with E-state index in [1.54, 1.807) is 0 Å². The van der Waals surface area contributed by atoms with Gasteiger partial charge in [0.1, 0.15) is 17.6 Å². The number of nitrogens with two attached hydrogens (primary N) is 1. The van der Waals surface area contributed by atoms with Gasteiger partial charge in [0.2, 0.25) is 11.8 Å². The van der Waals surface area contributed by atoms with Crippen LogP contribution >= 0.6 is 0 Å². The summed E-state index contributed by atoms with van der Waals surface area (Å²) < 4.78 is 79.8. The van der Waals surface area contributed by atoms with Gasteiger partial charge in [-0.1, -0.05) is 18.2 Å². The number of amides is 3. The van der Waals surface area contributed by atoms with E-state index >= 15 is 0 Å². The van der Waals surface area contributed by atoms with E-state index in [1.165, 1.54) is 36.5 Å². The van der Waals surface area contributed by atoms with Crippen LogP contribution in [0.4, 0.5) is 36.8 Å². The van der Waals surface area contributed by atoms with Crippen LogP contribution in [0.2, 0.25) is 0 Å². The van der Waals surface area contributed by atoms with Crippen LogP contribution in [0.1, 0.15) is 24.2 Å². The van der Waals surface area contributed by atoms with Crippen LogP contribution in [0.15, 0.2) is 53.5 Å². The van der Waals surface area contributed by atoms with Gasteiger partial charge in [-0.05, 0) is 49.1 Å². The lowest BCUT2D eigenvalue weighted by molar-refractivity contribution is -0.283. The molecule has 6 N–H and O–H groups in total. The molecule has 11 nitrogen and oxygen atoms in total. The Kier molecular flexibility index (Phi) is 9.64. The molecule has 0 fully saturated rings. The van der Waals surface area contributed by atoms with Crippen LogP contribution in [-0.4, -0.2) is 55.9 Å². The maximum Gasteiger partial charge on any atom is 0.405 e. The predicted molar refractivity (Wildman–Crippen MR) is 136 cm³/mol. The third-order valence-electron chi connectivity index (χ3n) is 5.98. The minimum Gasteiger partial charge on any atom is -0.465 e. The van der Waals surface area contributed by atoms with Crippen LogP contribution in [-0.2, 0) is 22.6 Å².